The van der Waals surface area contributed by atoms with E-state index in [0.29, 0.717) is 18.6 Å². The minimum absolute atomic E-state index is 0.141. The maximum absolute atomic E-state index is 10.2. The lowest BCUT2D eigenvalue weighted by atomic mass is 10.0. The molecule has 2 aliphatic heterocycles. The summed E-state index contributed by atoms with van der Waals surface area (Å²) >= 11 is 0. The van der Waals surface area contributed by atoms with E-state index in [1.54, 1.807) is 0 Å². The van der Waals surface area contributed by atoms with Crippen LogP contribution in [0.5, 0.6) is 0 Å². The van der Waals surface area contributed by atoms with E-state index in [-0.39, 0.29) is 12.2 Å². The van der Waals surface area contributed by atoms with Crippen molar-refractivity contribution in [1.82, 2.24) is 0 Å². The van der Waals surface area contributed by atoms with Gasteiger partial charge in [0, 0.05) is 6.42 Å². The molecule has 2 heterocycles. The molecule has 2 fully saturated rings. The molecule has 4 atom stereocenters. The number of rotatable bonds is 11. The Kier molecular flexibility index (Phi) is 12.3. The molecule has 0 aromatic heterocycles. The smallest absolute Gasteiger partial charge is 0.120 e. The monoisotopic (exact) mass is 376 g/mol. The molecule has 0 radical (unpaired) electrons. The molecule has 27 heavy (non-hydrogen) atoms. The van der Waals surface area contributed by atoms with Crippen molar-refractivity contribution in [1.29, 1.82) is 0 Å². The molecule has 0 saturated carbocycles. The summed E-state index contributed by atoms with van der Waals surface area (Å²) in [5.41, 5.74) is 2.42. The van der Waals surface area contributed by atoms with Crippen LogP contribution in [0.2, 0.25) is 0 Å². The fraction of sp³-hybridized carbons (Fsp3) is 0.708. The van der Waals surface area contributed by atoms with Crippen LogP contribution in [-0.2, 0) is 14.3 Å². The van der Waals surface area contributed by atoms with E-state index in [4.69, 9.17) is 9.47 Å². The minimum atomic E-state index is 0.141. The number of aldehydes is 1. The largest absolute Gasteiger partial charge is 0.370 e. The summed E-state index contributed by atoms with van der Waals surface area (Å²) in [6, 6.07) is 0. The second-order valence-corrected chi connectivity index (χ2v) is 7.77. The Bertz CT molecular complexity index is 468. The lowest BCUT2D eigenvalue weighted by Crippen LogP contribution is -2.11. The Hall–Kier alpha value is -1.19. The number of hydrogen-bond donors (Lipinski definition) is 0. The predicted molar refractivity (Wildman–Crippen MR) is 114 cm³/mol. The minimum Gasteiger partial charge on any atom is -0.370 e. The van der Waals surface area contributed by atoms with Crippen LogP contribution in [0, 0.1) is 0 Å². The molecular weight excluding hydrogens is 336 g/mol. The standard InChI is InChI=1S/C12H20O2.C12H20O/c1-3-4-6-11-9-10(2)12(14-11)7-5-8-13;1-4-6-8-11-9-10(3)12(13-11)7-5-2/h8,11-12H,2-7,9H2,1H3;5,11-12H,2-4,6-9H2,1H3/t2*11-,12-/m00/s1. The number of carbonyl (C=O) groups excluding carboxylic acids is 1. The number of unbranched alkanes of at least 4 members (excludes halogenated alkanes) is 2. The van der Waals surface area contributed by atoms with Crippen LogP contribution in [0.15, 0.2) is 37.0 Å². The lowest BCUT2D eigenvalue weighted by molar-refractivity contribution is -0.108. The molecule has 0 aromatic rings. The van der Waals surface area contributed by atoms with Crippen molar-refractivity contribution in [3.8, 4) is 0 Å². The third kappa shape index (κ3) is 9.03. The van der Waals surface area contributed by atoms with Gasteiger partial charge in [-0.3, -0.25) is 0 Å². The molecule has 0 spiro atoms. The molecule has 0 N–H and O–H groups in total. The van der Waals surface area contributed by atoms with Crippen LogP contribution in [-0.4, -0.2) is 30.7 Å². The van der Waals surface area contributed by atoms with Gasteiger partial charge in [-0.1, -0.05) is 58.8 Å². The van der Waals surface area contributed by atoms with Gasteiger partial charge in [-0.05, 0) is 49.7 Å². The quantitative estimate of drug-likeness (QED) is 0.312. The SMILES string of the molecule is C=C1C[C@H](CCCC)O[C@H]1CCC=O.C=CC[C@@H]1O[C@@H](CCCC)CC1=C. The Morgan fingerprint density at radius 1 is 0.926 bits per heavy atom. The van der Waals surface area contributed by atoms with Gasteiger partial charge in [-0.2, -0.15) is 0 Å². The molecule has 0 amide bonds. The van der Waals surface area contributed by atoms with E-state index in [2.05, 4.69) is 33.6 Å². The highest BCUT2D eigenvalue weighted by Crippen LogP contribution is 2.30. The number of hydrogen-bond acceptors (Lipinski definition) is 3. The molecule has 0 aromatic carbocycles. The molecular formula is C24H40O3. The first kappa shape index (κ1) is 23.8. The Balaban J connectivity index is 0.000000271. The second-order valence-electron chi connectivity index (χ2n) is 7.77. The first-order valence-corrected chi connectivity index (χ1v) is 10.8. The molecule has 2 saturated heterocycles. The van der Waals surface area contributed by atoms with Gasteiger partial charge in [0.05, 0.1) is 24.4 Å². The summed E-state index contributed by atoms with van der Waals surface area (Å²) in [5, 5.41) is 0. The highest BCUT2D eigenvalue weighted by Gasteiger charge is 2.28. The summed E-state index contributed by atoms with van der Waals surface area (Å²) in [7, 11) is 0. The van der Waals surface area contributed by atoms with Crippen LogP contribution in [0.4, 0.5) is 0 Å². The van der Waals surface area contributed by atoms with Crippen molar-refractivity contribution in [2.75, 3.05) is 0 Å². The molecule has 2 rings (SSSR count). The van der Waals surface area contributed by atoms with Crippen LogP contribution in [0.25, 0.3) is 0 Å². The van der Waals surface area contributed by atoms with Gasteiger partial charge in [0.2, 0.25) is 0 Å². The molecule has 0 aliphatic carbocycles. The van der Waals surface area contributed by atoms with E-state index < -0.39 is 0 Å². The van der Waals surface area contributed by atoms with E-state index in [1.807, 2.05) is 6.08 Å². The van der Waals surface area contributed by atoms with Gasteiger partial charge in [0.25, 0.3) is 0 Å². The first-order chi connectivity index (χ1) is 13.0. The zero-order valence-electron chi connectivity index (χ0n) is 17.6. The molecule has 154 valence electrons. The molecule has 0 bridgehead atoms. The highest BCUT2D eigenvalue weighted by molar-refractivity contribution is 5.49. The fourth-order valence-corrected chi connectivity index (χ4v) is 3.67. The van der Waals surface area contributed by atoms with Crippen LogP contribution >= 0.6 is 0 Å². The second kappa shape index (κ2) is 13.9. The maximum Gasteiger partial charge on any atom is 0.120 e. The van der Waals surface area contributed by atoms with Crippen LogP contribution < -0.4 is 0 Å². The molecule has 3 heteroatoms. The Labute approximate surface area is 166 Å². The summed E-state index contributed by atoms with van der Waals surface area (Å²) in [5.74, 6) is 0. The number of carbonyl (C=O) groups is 1. The van der Waals surface area contributed by atoms with E-state index in [9.17, 15) is 4.79 Å². The van der Waals surface area contributed by atoms with Gasteiger partial charge >= 0.3 is 0 Å². The van der Waals surface area contributed by atoms with Crippen molar-refractivity contribution in [3.63, 3.8) is 0 Å². The topological polar surface area (TPSA) is 35.5 Å². The summed E-state index contributed by atoms with van der Waals surface area (Å²) < 4.78 is 11.7. The van der Waals surface area contributed by atoms with Gasteiger partial charge < -0.3 is 14.3 Å². The zero-order valence-corrected chi connectivity index (χ0v) is 17.6. The predicted octanol–water partition coefficient (Wildman–Crippen LogP) is 6.34. The third-order valence-electron chi connectivity index (χ3n) is 5.29. The molecule has 0 unspecified atom stereocenters. The van der Waals surface area contributed by atoms with Gasteiger partial charge in [0.1, 0.15) is 6.29 Å². The highest BCUT2D eigenvalue weighted by atomic mass is 16.5. The van der Waals surface area contributed by atoms with Gasteiger partial charge in [-0.15, -0.1) is 6.58 Å². The van der Waals surface area contributed by atoms with Crippen molar-refractivity contribution in [2.24, 2.45) is 0 Å². The summed E-state index contributed by atoms with van der Waals surface area (Å²) in [4.78, 5) is 10.2. The van der Waals surface area contributed by atoms with E-state index in [0.717, 1.165) is 38.4 Å². The molecule has 2 aliphatic rings. The van der Waals surface area contributed by atoms with E-state index >= 15 is 0 Å². The summed E-state index contributed by atoms with van der Waals surface area (Å²) in [6.45, 7) is 16.2. The number of ether oxygens (including phenoxy) is 2. The third-order valence-corrected chi connectivity index (χ3v) is 5.29. The van der Waals surface area contributed by atoms with Gasteiger partial charge in [0.15, 0.2) is 0 Å². The Morgan fingerprint density at radius 3 is 1.93 bits per heavy atom. The van der Waals surface area contributed by atoms with Gasteiger partial charge in [-0.25, -0.2) is 0 Å². The van der Waals surface area contributed by atoms with Crippen molar-refractivity contribution >= 4 is 6.29 Å². The maximum atomic E-state index is 10.2. The fourth-order valence-electron chi connectivity index (χ4n) is 3.67. The van der Waals surface area contributed by atoms with Crippen molar-refractivity contribution in [3.05, 3.63) is 37.0 Å². The molecule has 3 nitrogen and oxygen atoms in total. The van der Waals surface area contributed by atoms with E-state index in [1.165, 1.54) is 43.3 Å². The lowest BCUT2D eigenvalue weighted by Gasteiger charge is -2.11. The van der Waals surface area contributed by atoms with Crippen LogP contribution in [0.3, 0.4) is 0 Å². The average Bonchev–Trinajstić information content (AvgIpc) is 3.19. The first-order valence-electron chi connectivity index (χ1n) is 10.8. The average molecular weight is 377 g/mol. The van der Waals surface area contributed by atoms with Crippen LogP contribution in [0.1, 0.15) is 84.5 Å². The van der Waals surface area contributed by atoms with Crippen molar-refractivity contribution in [2.45, 2.75) is 109 Å². The normalized spacial score (nSPS) is 27.3. The zero-order chi connectivity index (χ0) is 20.1. The van der Waals surface area contributed by atoms with Crippen molar-refractivity contribution < 1.29 is 14.3 Å². The Morgan fingerprint density at radius 2 is 1.44 bits per heavy atom. The summed E-state index contributed by atoms with van der Waals surface area (Å²) in [6.07, 6.45) is 15.7.